The van der Waals surface area contributed by atoms with Crippen molar-refractivity contribution in [2.75, 3.05) is 39.8 Å². The van der Waals surface area contributed by atoms with Gasteiger partial charge in [-0.15, -0.1) is 0 Å². The first-order chi connectivity index (χ1) is 10.9. The van der Waals surface area contributed by atoms with Crippen molar-refractivity contribution in [2.45, 2.75) is 31.6 Å². The fourth-order valence-electron chi connectivity index (χ4n) is 3.38. The van der Waals surface area contributed by atoms with Gasteiger partial charge in [0, 0.05) is 32.7 Å². The topological polar surface area (TPSA) is 49.9 Å². The molecule has 1 aliphatic heterocycles. The molecule has 6 heteroatoms. The molecule has 1 heterocycles. The first-order valence-corrected chi connectivity index (χ1v) is 9.73. The van der Waals surface area contributed by atoms with Crippen LogP contribution < -0.4 is 4.74 Å². The molecular formula is C17H26N2O3S. The monoisotopic (exact) mass is 338 g/mol. The van der Waals surface area contributed by atoms with E-state index >= 15 is 0 Å². The Labute approximate surface area is 139 Å². The minimum absolute atomic E-state index is 0.439. The van der Waals surface area contributed by atoms with Crippen molar-refractivity contribution in [3.8, 4) is 5.75 Å². The molecule has 1 saturated heterocycles. The SMILES string of the molecule is COc1cc(C)c(S(=O)(=O)N2CCN(CC3CC3)CC2)c(C)c1. The molecule has 1 aromatic carbocycles. The number of piperazine rings is 1. The summed E-state index contributed by atoms with van der Waals surface area (Å²) in [5.41, 5.74) is 1.50. The lowest BCUT2D eigenvalue weighted by atomic mass is 10.1. The van der Waals surface area contributed by atoms with Crippen LogP contribution in [0.15, 0.2) is 17.0 Å². The van der Waals surface area contributed by atoms with Crippen LogP contribution in [0.3, 0.4) is 0 Å². The summed E-state index contributed by atoms with van der Waals surface area (Å²) in [5.74, 6) is 1.55. The van der Waals surface area contributed by atoms with Crippen molar-refractivity contribution in [3.05, 3.63) is 23.3 Å². The Morgan fingerprint density at radius 2 is 1.65 bits per heavy atom. The van der Waals surface area contributed by atoms with Crippen molar-refractivity contribution in [2.24, 2.45) is 5.92 Å². The molecule has 1 saturated carbocycles. The summed E-state index contributed by atoms with van der Waals surface area (Å²) in [4.78, 5) is 2.84. The van der Waals surface area contributed by atoms with E-state index < -0.39 is 10.0 Å². The molecule has 0 bridgehead atoms. The molecule has 5 nitrogen and oxygen atoms in total. The number of methoxy groups -OCH3 is 1. The maximum atomic E-state index is 13.0. The summed E-state index contributed by atoms with van der Waals surface area (Å²) in [6.07, 6.45) is 2.67. The highest BCUT2D eigenvalue weighted by atomic mass is 32.2. The summed E-state index contributed by atoms with van der Waals surface area (Å²) in [6, 6.07) is 3.59. The number of rotatable bonds is 5. The first-order valence-electron chi connectivity index (χ1n) is 8.29. The largest absolute Gasteiger partial charge is 0.497 e. The van der Waals surface area contributed by atoms with E-state index in [-0.39, 0.29) is 0 Å². The zero-order chi connectivity index (χ0) is 16.6. The average Bonchev–Trinajstić information content (AvgIpc) is 3.30. The van der Waals surface area contributed by atoms with Gasteiger partial charge in [0.15, 0.2) is 0 Å². The number of sulfonamides is 1. The summed E-state index contributed by atoms with van der Waals surface area (Å²) < 4.78 is 32.9. The predicted octanol–water partition coefficient (Wildman–Crippen LogP) is 2.03. The van der Waals surface area contributed by atoms with Crippen molar-refractivity contribution in [1.82, 2.24) is 9.21 Å². The standard InChI is InChI=1S/C17H26N2O3S/c1-13-10-16(22-3)11-14(2)17(13)23(20,21)19-8-6-18(7-9-19)12-15-4-5-15/h10-11,15H,4-9,12H2,1-3H3. The van der Waals surface area contributed by atoms with E-state index in [1.807, 2.05) is 13.8 Å². The molecule has 0 N–H and O–H groups in total. The fourth-order valence-corrected chi connectivity index (χ4v) is 5.22. The van der Waals surface area contributed by atoms with Crippen LogP contribution in [0.2, 0.25) is 0 Å². The molecular weight excluding hydrogens is 312 g/mol. The Kier molecular flexibility index (Phi) is 4.67. The van der Waals surface area contributed by atoms with E-state index in [0.717, 1.165) is 36.7 Å². The summed E-state index contributed by atoms with van der Waals surface area (Å²) >= 11 is 0. The molecule has 1 aliphatic carbocycles. The second-order valence-corrected chi connectivity index (χ2v) is 8.61. The number of hydrogen-bond donors (Lipinski definition) is 0. The highest BCUT2D eigenvalue weighted by Crippen LogP contribution is 2.31. The normalized spacial score (nSPS) is 20.7. The molecule has 128 valence electrons. The quantitative estimate of drug-likeness (QED) is 0.824. The van der Waals surface area contributed by atoms with Gasteiger partial charge in [0.2, 0.25) is 10.0 Å². The molecule has 0 radical (unpaired) electrons. The van der Waals surface area contributed by atoms with Gasteiger partial charge in [-0.25, -0.2) is 8.42 Å². The second-order valence-electron chi connectivity index (χ2n) is 6.74. The summed E-state index contributed by atoms with van der Waals surface area (Å²) in [5, 5.41) is 0. The minimum Gasteiger partial charge on any atom is -0.497 e. The minimum atomic E-state index is -3.43. The molecule has 3 rings (SSSR count). The zero-order valence-electron chi connectivity index (χ0n) is 14.2. The third-order valence-electron chi connectivity index (χ3n) is 4.81. The number of nitrogens with zero attached hydrogens (tertiary/aromatic N) is 2. The van der Waals surface area contributed by atoms with E-state index in [0.29, 0.717) is 23.7 Å². The van der Waals surface area contributed by atoms with E-state index in [1.54, 1.807) is 23.5 Å². The Morgan fingerprint density at radius 1 is 1.09 bits per heavy atom. The predicted molar refractivity (Wildman–Crippen MR) is 90.4 cm³/mol. The van der Waals surface area contributed by atoms with Gasteiger partial charge >= 0.3 is 0 Å². The second kappa shape index (κ2) is 6.42. The van der Waals surface area contributed by atoms with Crippen molar-refractivity contribution in [3.63, 3.8) is 0 Å². The van der Waals surface area contributed by atoms with Crippen molar-refractivity contribution < 1.29 is 13.2 Å². The molecule has 0 unspecified atom stereocenters. The molecule has 1 aromatic rings. The maximum absolute atomic E-state index is 13.0. The van der Waals surface area contributed by atoms with Crippen LogP contribution in [0.4, 0.5) is 0 Å². The van der Waals surface area contributed by atoms with Gasteiger partial charge < -0.3 is 9.64 Å². The van der Waals surface area contributed by atoms with Gasteiger partial charge in [-0.05, 0) is 55.9 Å². The van der Waals surface area contributed by atoms with Gasteiger partial charge in [0.25, 0.3) is 0 Å². The lowest BCUT2D eigenvalue weighted by Gasteiger charge is -2.34. The van der Waals surface area contributed by atoms with Crippen LogP contribution in [0.25, 0.3) is 0 Å². The maximum Gasteiger partial charge on any atom is 0.243 e. The molecule has 0 atom stereocenters. The molecule has 23 heavy (non-hydrogen) atoms. The highest BCUT2D eigenvalue weighted by Gasteiger charge is 2.32. The lowest BCUT2D eigenvalue weighted by molar-refractivity contribution is 0.182. The van der Waals surface area contributed by atoms with E-state index in [4.69, 9.17) is 4.74 Å². The van der Waals surface area contributed by atoms with E-state index in [2.05, 4.69) is 4.90 Å². The van der Waals surface area contributed by atoms with Gasteiger partial charge in [0.1, 0.15) is 5.75 Å². The number of benzene rings is 1. The zero-order valence-corrected chi connectivity index (χ0v) is 15.0. The Balaban J connectivity index is 1.76. The third kappa shape index (κ3) is 3.54. The average molecular weight is 338 g/mol. The number of hydrogen-bond acceptors (Lipinski definition) is 4. The molecule has 0 aromatic heterocycles. The van der Waals surface area contributed by atoms with Crippen LogP contribution in [0, 0.1) is 19.8 Å². The molecule has 0 spiro atoms. The lowest BCUT2D eigenvalue weighted by Crippen LogP contribution is -2.49. The number of ether oxygens (including phenoxy) is 1. The van der Waals surface area contributed by atoms with Gasteiger partial charge in [0.05, 0.1) is 12.0 Å². The van der Waals surface area contributed by atoms with Crippen LogP contribution in [0.5, 0.6) is 5.75 Å². The third-order valence-corrected chi connectivity index (χ3v) is 7.02. The smallest absolute Gasteiger partial charge is 0.243 e. The molecule has 2 aliphatic rings. The van der Waals surface area contributed by atoms with Gasteiger partial charge in [-0.2, -0.15) is 4.31 Å². The van der Waals surface area contributed by atoms with Crippen molar-refractivity contribution >= 4 is 10.0 Å². The summed E-state index contributed by atoms with van der Waals surface area (Å²) in [6.45, 7) is 7.65. The Hall–Kier alpha value is -1.11. The van der Waals surface area contributed by atoms with Crippen LogP contribution in [-0.2, 0) is 10.0 Å². The van der Waals surface area contributed by atoms with Crippen LogP contribution >= 0.6 is 0 Å². The van der Waals surface area contributed by atoms with E-state index in [9.17, 15) is 8.42 Å². The van der Waals surface area contributed by atoms with Crippen molar-refractivity contribution in [1.29, 1.82) is 0 Å². The van der Waals surface area contributed by atoms with Crippen LogP contribution in [-0.4, -0.2) is 57.5 Å². The highest BCUT2D eigenvalue weighted by molar-refractivity contribution is 7.89. The van der Waals surface area contributed by atoms with E-state index in [1.165, 1.54) is 12.8 Å². The van der Waals surface area contributed by atoms with Gasteiger partial charge in [-0.3, -0.25) is 0 Å². The number of aryl methyl sites for hydroxylation is 2. The molecule has 0 amide bonds. The Bertz CT molecular complexity index is 652. The first kappa shape index (κ1) is 16.7. The Morgan fingerprint density at radius 3 is 2.13 bits per heavy atom. The molecule has 2 fully saturated rings. The van der Waals surface area contributed by atoms with Crippen LogP contribution in [0.1, 0.15) is 24.0 Å². The summed E-state index contributed by atoms with van der Waals surface area (Å²) in [7, 11) is -1.83. The van der Waals surface area contributed by atoms with Gasteiger partial charge in [-0.1, -0.05) is 0 Å². The fraction of sp³-hybridized carbons (Fsp3) is 0.647.